The predicted molar refractivity (Wildman–Crippen MR) is 68.6 cm³/mol. The van der Waals surface area contributed by atoms with Gasteiger partial charge in [-0.3, -0.25) is 0 Å². The van der Waals surface area contributed by atoms with E-state index in [0.29, 0.717) is 12.1 Å². The van der Waals surface area contributed by atoms with E-state index in [1.807, 2.05) is 0 Å². The number of esters is 2. The molecular formula is C12H13LiO9S. The fourth-order valence-corrected chi connectivity index (χ4v) is 1.97. The SMILES string of the molecule is C[C@@H](O)OC(=O)c1cc(C(=O)O[C@@H](C)O)cc(S(=O)(=O)[O-])c1.[Li+]. The second kappa shape index (κ2) is 8.44. The molecule has 0 fully saturated rings. The number of rotatable bonds is 5. The molecule has 2 atom stereocenters. The van der Waals surface area contributed by atoms with Gasteiger partial charge >= 0.3 is 30.8 Å². The molecular weight excluding hydrogens is 327 g/mol. The second-order valence-electron chi connectivity index (χ2n) is 4.21. The summed E-state index contributed by atoms with van der Waals surface area (Å²) in [7, 11) is -4.96. The van der Waals surface area contributed by atoms with Gasteiger partial charge in [-0.25, -0.2) is 18.0 Å². The molecule has 0 unspecified atom stereocenters. The van der Waals surface area contributed by atoms with Crippen LogP contribution < -0.4 is 18.9 Å². The van der Waals surface area contributed by atoms with Crippen molar-refractivity contribution in [1.29, 1.82) is 0 Å². The van der Waals surface area contributed by atoms with Gasteiger partial charge in [0.2, 0.25) is 0 Å². The minimum absolute atomic E-state index is 0. The van der Waals surface area contributed by atoms with E-state index in [1.54, 1.807) is 0 Å². The summed E-state index contributed by atoms with van der Waals surface area (Å²) in [5, 5.41) is 17.9. The van der Waals surface area contributed by atoms with Gasteiger partial charge in [-0.05, 0) is 32.0 Å². The van der Waals surface area contributed by atoms with Crippen LogP contribution in [-0.2, 0) is 19.6 Å². The molecule has 0 aromatic heterocycles. The Kier molecular flexibility index (Phi) is 7.92. The number of ether oxygens (including phenoxy) is 2. The first kappa shape index (κ1) is 21.6. The maximum atomic E-state index is 11.7. The Morgan fingerprint density at radius 2 is 1.35 bits per heavy atom. The third-order valence-corrected chi connectivity index (χ3v) is 3.03. The minimum atomic E-state index is -4.96. The third kappa shape index (κ3) is 6.70. The van der Waals surface area contributed by atoms with E-state index in [1.165, 1.54) is 0 Å². The van der Waals surface area contributed by atoms with Crippen LogP contribution in [0.4, 0.5) is 0 Å². The Labute approximate surface area is 144 Å². The van der Waals surface area contributed by atoms with Crippen molar-refractivity contribution >= 4 is 22.1 Å². The molecule has 0 heterocycles. The fraction of sp³-hybridized carbons (Fsp3) is 0.333. The summed E-state index contributed by atoms with van der Waals surface area (Å²) in [6, 6.07) is 2.31. The van der Waals surface area contributed by atoms with Crippen molar-refractivity contribution in [2.45, 2.75) is 31.3 Å². The molecule has 0 aliphatic heterocycles. The molecule has 0 radical (unpaired) electrons. The van der Waals surface area contributed by atoms with E-state index in [2.05, 4.69) is 9.47 Å². The van der Waals surface area contributed by atoms with E-state index < -0.39 is 50.7 Å². The average Bonchev–Trinajstić information content (AvgIpc) is 2.35. The Balaban J connectivity index is 0.00000484. The Morgan fingerprint density at radius 3 is 1.61 bits per heavy atom. The van der Waals surface area contributed by atoms with Gasteiger partial charge in [0.15, 0.2) is 12.6 Å². The van der Waals surface area contributed by atoms with Gasteiger partial charge < -0.3 is 24.2 Å². The molecule has 0 aliphatic rings. The van der Waals surface area contributed by atoms with Crippen molar-refractivity contribution in [3.8, 4) is 0 Å². The molecule has 0 bridgehead atoms. The van der Waals surface area contributed by atoms with Crippen LogP contribution in [0.3, 0.4) is 0 Å². The van der Waals surface area contributed by atoms with E-state index in [9.17, 15) is 22.6 Å². The van der Waals surface area contributed by atoms with Gasteiger partial charge in [-0.1, -0.05) is 0 Å². The first-order valence-corrected chi connectivity index (χ1v) is 7.30. The van der Waals surface area contributed by atoms with Crippen molar-refractivity contribution in [2.24, 2.45) is 0 Å². The molecule has 2 N–H and O–H groups in total. The number of hydrogen-bond donors (Lipinski definition) is 2. The first-order chi connectivity index (χ1) is 10.0. The molecule has 0 spiro atoms. The van der Waals surface area contributed by atoms with Crippen molar-refractivity contribution < 1.29 is 61.1 Å². The predicted octanol–water partition coefficient (Wildman–Crippen LogP) is -3.42. The van der Waals surface area contributed by atoms with Gasteiger partial charge in [-0.15, -0.1) is 0 Å². The van der Waals surface area contributed by atoms with Crippen LogP contribution in [-0.4, -0.2) is 47.7 Å². The van der Waals surface area contributed by atoms with E-state index in [4.69, 9.17) is 10.2 Å². The first-order valence-electron chi connectivity index (χ1n) is 5.90. The molecule has 0 saturated heterocycles. The molecule has 0 amide bonds. The minimum Gasteiger partial charge on any atom is -0.744 e. The third-order valence-electron chi connectivity index (χ3n) is 2.22. The summed E-state index contributed by atoms with van der Waals surface area (Å²) in [6.07, 6.45) is -2.96. The van der Waals surface area contributed by atoms with Gasteiger partial charge in [0.25, 0.3) is 0 Å². The topological polar surface area (TPSA) is 150 Å². The van der Waals surface area contributed by atoms with Gasteiger partial charge in [0, 0.05) is 0 Å². The molecule has 0 saturated carbocycles. The summed E-state index contributed by atoms with van der Waals surface area (Å²) in [5.41, 5.74) is -0.897. The molecule has 23 heavy (non-hydrogen) atoms. The van der Waals surface area contributed by atoms with Crippen molar-refractivity contribution in [3.05, 3.63) is 29.3 Å². The van der Waals surface area contributed by atoms with Crippen LogP contribution in [0, 0.1) is 0 Å². The van der Waals surface area contributed by atoms with Crippen LogP contribution in [0.15, 0.2) is 23.1 Å². The smallest absolute Gasteiger partial charge is 0.744 e. The van der Waals surface area contributed by atoms with E-state index in [-0.39, 0.29) is 18.9 Å². The standard InChI is InChI=1S/C12H14O9S.Li/c1-6(13)20-11(15)8-3-9(12(16)21-7(2)14)5-10(4-8)22(17,18)19;/h3-7,13-14H,1-2H3,(H,17,18,19);/q;+1/p-1/t6-,7-;/m0./s1. The molecule has 1 aromatic carbocycles. The van der Waals surface area contributed by atoms with Crippen molar-refractivity contribution in [3.63, 3.8) is 0 Å². The zero-order valence-corrected chi connectivity index (χ0v) is 13.4. The Hall–Kier alpha value is -1.41. The maximum Gasteiger partial charge on any atom is 1.00 e. The number of aliphatic hydroxyl groups is 2. The summed E-state index contributed by atoms with van der Waals surface area (Å²) >= 11 is 0. The number of aliphatic hydroxyl groups excluding tert-OH is 2. The van der Waals surface area contributed by atoms with E-state index in [0.717, 1.165) is 19.9 Å². The number of benzene rings is 1. The van der Waals surface area contributed by atoms with Gasteiger partial charge in [0.1, 0.15) is 10.1 Å². The van der Waals surface area contributed by atoms with Crippen LogP contribution in [0.2, 0.25) is 0 Å². The normalized spacial score (nSPS) is 13.4. The summed E-state index contributed by atoms with van der Waals surface area (Å²) < 4.78 is 42.1. The fourth-order valence-electron chi connectivity index (χ4n) is 1.42. The van der Waals surface area contributed by atoms with E-state index >= 15 is 0 Å². The number of carbonyl (C=O) groups excluding carboxylic acids is 2. The molecule has 0 aliphatic carbocycles. The molecule has 1 rings (SSSR count). The molecule has 122 valence electrons. The number of hydrogen-bond acceptors (Lipinski definition) is 9. The van der Waals surface area contributed by atoms with Crippen LogP contribution >= 0.6 is 0 Å². The monoisotopic (exact) mass is 340 g/mol. The van der Waals surface area contributed by atoms with Crippen LogP contribution in [0.1, 0.15) is 34.6 Å². The zero-order chi connectivity index (χ0) is 17.1. The second-order valence-corrected chi connectivity index (χ2v) is 5.59. The van der Waals surface area contributed by atoms with Crippen LogP contribution in [0.25, 0.3) is 0 Å². The molecule has 9 nitrogen and oxygen atoms in total. The number of carbonyl (C=O) groups is 2. The molecule has 11 heteroatoms. The van der Waals surface area contributed by atoms with Gasteiger partial charge in [-0.2, -0.15) is 0 Å². The average molecular weight is 340 g/mol. The Bertz CT molecular complexity index is 642. The maximum absolute atomic E-state index is 11.7. The molecule has 1 aromatic rings. The zero-order valence-electron chi connectivity index (χ0n) is 12.5. The van der Waals surface area contributed by atoms with Crippen LogP contribution in [0.5, 0.6) is 0 Å². The quantitative estimate of drug-likeness (QED) is 0.242. The summed E-state index contributed by atoms with van der Waals surface area (Å²) in [6.45, 7) is 2.27. The largest absolute Gasteiger partial charge is 1.00 e. The summed E-state index contributed by atoms with van der Waals surface area (Å²) in [5.74, 6) is -2.29. The van der Waals surface area contributed by atoms with Crippen molar-refractivity contribution in [1.82, 2.24) is 0 Å². The van der Waals surface area contributed by atoms with Gasteiger partial charge in [0.05, 0.1) is 16.0 Å². The van der Waals surface area contributed by atoms with Crippen molar-refractivity contribution in [2.75, 3.05) is 0 Å². The summed E-state index contributed by atoms with van der Waals surface area (Å²) in [4.78, 5) is 22.4. The Morgan fingerprint density at radius 1 is 1.00 bits per heavy atom.